The van der Waals surface area contributed by atoms with Gasteiger partial charge in [0.05, 0.1) is 26.4 Å². The largest absolute Gasteiger partial charge is 0.472 e. The first kappa shape index (κ1) is 91.7. The van der Waals surface area contributed by atoms with Crippen LogP contribution >= 0.6 is 15.6 Å². The lowest BCUT2D eigenvalue weighted by Crippen LogP contribution is -2.30. The van der Waals surface area contributed by atoms with Crippen molar-refractivity contribution >= 4 is 39.5 Å². The van der Waals surface area contributed by atoms with Crippen LogP contribution in [-0.2, 0) is 65.4 Å². The summed E-state index contributed by atoms with van der Waals surface area (Å²) in [5.74, 6) is -2.26. The van der Waals surface area contributed by atoms with Crippen LogP contribution < -0.4 is 0 Å². The highest BCUT2D eigenvalue weighted by atomic mass is 31.2. The molecule has 3 N–H and O–H groups in total. The normalized spacial score (nSPS) is 14.6. The molecule has 5 unspecified atom stereocenters. The molecule has 0 aliphatic heterocycles. The van der Waals surface area contributed by atoms with Gasteiger partial charge in [-0.25, -0.2) is 9.13 Å². The van der Waals surface area contributed by atoms with Crippen molar-refractivity contribution in [2.45, 2.75) is 316 Å². The molecule has 0 saturated carbocycles. The second-order valence-corrected chi connectivity index (χ2v) is 27.4. The summed E-state index contributed by atoms with van der Waals surface area (Å²) in [7, 11) is -9.96. The minimum Gasteiger partial charge on any atom is -0.462 e. The molecule has 17 nitrogen and oxygen atoms in total. The SMILES string of the molecule is CC/C=C\C/C=C\C/C=C\C/C=C\CCCCC(=O)OCC(COP(=O)(O)OCC(O)COP(=O)(O)OCC(COC(=O)CCCCCCC/C=C\C/C=C\CCCCC)OC(=O)CCCCCCC/C=C\C/C=C\CCCCC)OC(=O)CCCCCCC/C=C\CCCC. The average molecular weight is 1390 g/mol. The standard InChI is InChI=1S/C77H132O17P2/c1-5-9-13-17-21-25-29-32-35-38-42-45-49-53-57-61-74(79)87-67-72(93-76(81)63-59-55-51-47-41-28-24-20-16-12-8-4)69-91-95(83,84)89-65-71(78)66-90-96(85,86)92-70-73(94-77(82)64-60-56-52-48-44-40-37-34-31-27-23-19-15-11-7-3)68-88-75(80)62-58-54-50-46-43-39-36-33-30-26-22-18-14-10-6-2/h9,13,20-27,32-37,42,45,71-73,78H,5-8,10-12,14-19,28-31,38-41,43-44,46-70H2,1-4H3,(H,83,84)(H,85,86)/b13-9-,24-20-,25-21-,26-22-,27-23-,35-32-,36-33-,37-34-,45-42-. The minimum atomic E-state index is -4.98. The van der Waals surface area contributed by atoms with E-state index in [0.717, 1.165) is 167 Å². The Bertz CT molecular complexity index is 2250. The Morgan fingerprint density at radius 1 is 0.302 bits per heavy atom. The van der Waals surface area contributed by atoms with Gasteiger partial charge in [0, 0.05) is 25.7 Å². The number of unbranched alkanes of at least 4 members (excludes halogenated alkanes) is 25. The Morgan fingerprint density at radius 3 is 0.896 bits per heavy atom. The fraction of sp³-hybridized carbons (Fsp3) is 0.714. The van der Waals surface area contributed by atoms with E-state index in [0.29, 0.717) is 25.7 Å². The number of carbonyl (C=O) groups is 4. The molecular weight excluding hydrogens is 1260 g/mol. The number of hydrogen-bond acceptors (Lipinski definition) is 15. The first-order chi connectivity index (χ1) is 46.7. The maximum absolute atomic E-state index is 13.1. The molecule has 96 heavy (non-hydrogen) atoms. The molecule has 0 rings (SSSR count). The molecule has 0 amide bonds. The summed E-state index contributed by atoms with van der Waals surface area (Å²) < 4.78 is 68.3. The first-order valence-corrected chi connectivity index (χ1v) is 40.1. The summed E-state index contributed by atoms with van der Waals surface area (Å²) in [6.45, 7) is 4.57. The molecule has 5 atom stereocenters. The molecule has 0 radical (unpaired) electrons. The van der Waals surface area contributed by atoms with E-state index in [4.69, 9.17) is 37.0 Å². The molecule has 0 aromatic carbocycles. The van der Waals surface area contributed by atoms with E-state index in [-0.39, 0.29) is 25.7 Å². The quantitative estimate of drug-likeness (QED) is 0.0169. The van der Waals surface area contributed by atoms with Crippen LogP contribution in [0.4, 0.5) is 0 Å². The van der Waals surface area contributed by atoms with Crippen molar-refractivity contribution in [1.29, 1.82) is 0 Å². The monoisotopic (exact) mass is 1390 g/mol. The van der Waals surface area contributed by atoms with E-state index >= 15 is 0 Å². The molecule has 0 spiro atoms. The molecule has 0 aliphatic rings. The van der Waals surface area contributed by atoms with E-state index in [1.165, 1.54) is 51.4 Å². The van der Waals surface area contributed by atoms with E-state index in [1.54, 1.807) is 0 Å². The molecule has 0 aromatic heterocycles. The molecular formula is C77H132O17P2. The molecule has 0 fully saturated rings. The Hall–Kier alpha value is -4.28. The number of hydrogen-bond donors (Lipinski definition) is 3. The van der Waals surface area contributed by atoms with Crippen LogP contribution in [0.15, 0.2) is 109 Å². The number of ether oxygens (including phenoxy) is 4. The van der Waals surface area contributed by atoms with Gasteiger partial charge in [0.15, 0.2) is 12.2 Å². The van der Waals surface area contributed by atoms with Crippen LogP contribution in [0.3, 0.4) is 0 Å². The fourth-order valence-corrected chi connectivity index (χ4v) is 11.1. The van der Waals surface area contributed by atoms with Crippen molar-refractivity contribution in [2.24, 2.45) is 0 Å². The number of phosphoric acid groups is 2. The molecule has 0 aliphatic carbocycles. The van der Waals surface area contributed by atoms with Crippen LogP contribution in [0.25, 0.3) is 0 Å². The Labute approximate surface area is 581 Å². The fourth-order valence-electron chi connectivity index (χ4n) is 9.49. The van der Waals surface area contributed by atoms with E-state index in [9.17, 15) is 43.2 Å². The van der Waals surface area contributed by atoms with Gasteiger partial charge in [0.2, 0.25) is 0 Å². The predicted molar refractivity (Wildman–Crippen MR) is 390 cm³/mol. The molecule has 552 valence electrons. The zero-order chi connectivity index (χ0) is 70.4. The molecule has 0 heterocycles. The molecule has 19 heteroatoms. The van der Waals surface area contributed by atoms with Gasteiger partial charge in [-0.3, -0.25) is 37.3 Å². The van der Waals surface area contributed by atoms with Gasteiger partial charge >= 0.3 is 39.5 Å². The Kier molecular flexibility index (Phi) is 66.1. The van der Waals surface area contributed by atoms with Gasteiger partial charge in [0.25, 0.3) is 0 Å². The third kappa shape index (κ3) is 68.3. The lowest BCUT2D eigenvalue weighted by molar-refractivity contribution is -0.161. The number of aliphatic hydroxyl groups is 1. The number of esters is 4. The smallest absolute Gasteiger partial charge is 0.462 e. The van der Waals surface area contributed by atoms with Crippen molar-refractivity contribution in [2.75, 3.05) is 39.6 Å². The summed E-state index contributed by atoms with van der Waals surface area (Å²) in [5, 5.41) is 10.6. The second-order valence-electron chi connectivity index (χ2n) is 24.5. The Balaban J connectivity index is 5.39. The van der Waals surface area contributed by atoms with Crippen LogP contribution in [0, 0.1) is 0 Å². The molecule has 0 aromatic rings. The number of aliphatic hydroxyl groups excluding tert-OH is 1. The maximum Gasteiger partial charge on any atom is 0.472 e. The van der Waals surface area contributed by atoms with Gasteiger partial charge < -0.3 is 33.8 Å². The van der Waals surface area contributed by atoms with Crippen molar-refractivity contribution < 1.29 is 80.2 Å². The molecule has 0 saturated heterocycles. The van der Waals surface area contributed by atoms with Gasteiger partial charge in [0.1, 0.15) is 19.3 Å². The highest BCUT2D eigenvalue weighted by Gasteiger charge is 2.30. The summed E-state index contributed by atoms with van der Waals surface area (Å²) in [4.78, 5) is 72.7. The van der Waals surface area contributed by atoms with Crippen molar-refractivity contribution in [3.8, 4) is 0 Å². The van der Waals surface area contributed by atoms with Crippen LogP contribution in [0.5, 0.6) is 0 Å². The van der Waals surface area contributed by atoms with E-state index in [2.05, 4.69) is 137 Å². The third-order valence-corrected chi connectivity index (χ3v) is 17.1. The van der Waals surface area contributed by atoms with Gasteiger partial charge in [-0.15, -0.1) is 0 Å². The summed E-state index contributed by atoms with van der Waals surface area (Å²) in [6, 6.07) is 0. The minimum absolute atomic E-state index is 0.0734. The van der Waals surface area contributed by atoms with Crippen LogP contribution in [-0.4, -0.2) is 96.7 Å². The Morgan fingerprint density at radius 2 is 0.552 bits per heavy atom. The van der Waals surface area contributed by atoms with Gasteiger partial charge in [-0.1, -0.05) is 233 Å². The lowest BCUT2D eigenvalue weighted by atomic mass is 10.1. The summed E-state index contributed by atoms with van der Waals surface area (Å²) in [5.41, 5.74) is 0. The summed E-state index contributed by atoms with van der Waals surface area (Å²) >= 11 is 0. The third-order valence-electron chi connectivity index (χ3n) is 15.2. The lowest BCUT2D eigenvalue weighted by Gasteiger charge is -2.21. The number of phosphoric ester groups is 2. The van der Waals surface area contributed by atoms with Crippen molar-refractivity contribution in [3.05, 3.63) is 109 Å². The van der Waals surface area contributed by atoms with Gasteiger partial charge in [-0.05, 0) is 148 Å². The number of rotatable bonds is 69. The van der Waals surface area contributed by atoms with Crippen molar-refractivity contribution in [1.82, 2.24) is 0 Å². The number of allylic oxidation sites excluding steroid dienone is 18. The van der Waals surface area contributed by atoms with E-state index < -0.39 is 97.5 Å². The first-order valence-electron chi connectivity index (χ1n) is 37.1. The maximum atomic E-state index is 13.1. The predicted octanol–water partition coefficient (Wildman–Crippen LogP) is 21.0. The van der Waals surface area contributed by atoms with E-state index in [1.807, 2.05) is 0 Å². The van der Waals surface area contributed by atoms with Crippen LogP contribution in [0.2, 0.25) is 0 Å². The van der Waals surface area contributed by atoms with Gasteiger partial charge in [-0.2, -0.15) is 0 Å². The average Bonchev–Trinajstić information content (AvgIpc) is 1.11. The molecule has 0 bridgehead atoms. The number of carbonyl (C=O) groups excluding carboxylic acids is 4. The second kappa shape index (κ2) is 69.2. The zero-order valence-electron chi connectivity index (χ0n) is 60.0. The van der Waals surface area contributed by atoms with Crippen LogP contribution in [0.1, 0.15) is 297 Å². The zero-order valence-corrected chi connectivity index (χ0v) is 61.8. The van der Waals surface area contributed by atoms with Crippen molar-refractivity contribution in [3.63, 3.8) is 0 Å². The highest BCUT2D eigenvalue weighted by molar-refractivity contribution is 7.47. The summed E-state index contributed by atoms with van der Waals surface area (Å²) in [6.07, 6.45) is 72.3. The topological polar surface area (TPSA) is 237 Å². The highest BCUT2D eigenvalue weighted by Crippen LogP contribution is 2.45.